The predicted octanol–water partition coefficient (Wildman–Crippen LogP) is 3.26. The van der Waals surface area contributed by atoms with E-state index in [2.05, 4.69) is 9.62 Å². The summed E-state index contributed by atoms with van der Waals surface area (Å²) in [5.74, 6) is 0.806. The molecule has 0 bridgehead atoms. The van der Waals surface area contributed by atoms with Gasteiger partial charge < -0.3 is 4.74 Å². The molecule has 2 aromatic rings. The molecule has 1 fully saturated rings. The lowest BCUT2D eigenvalue weighted by Crippen LogP contribution is -2.40. The topological polar surface area (TPSA) is 58.6 Å². The van der Waals surface area contributed by atoms with Crippen molar-refractivity contribution in [3.05, 3.63) is 47.3 Å². The van der Waals surface area contributed by atoms with E-state index in [1.165, 1.54) is 17.8 Å². The number of nitrogens with one attached hydrogen (secondary N) is 1. The number of hydrogen-bond acceptors (Lipinski definition) is 5. The molecular formula is C18H24N2O3S2. The number of methoxy groups -OCH3 is 1. The molecule has 1 atom stereocenters. The first kappa shape index (κ1) is 18.4. The smallest absolute Gasteiger partial charge is 0.250 e. The monoisotopic (exact) mass is 380 g/mol. The van der Waals surface area contributed by atoms with Crippen LogP contribution in [0.5, 0.6) is 5.75 Å². The molecule has 0 saturated carbocycles. The number of rotatable bonds is 7. The van der Waals surface area contributed by atoms with Gasteiger partial charge in [0.25, 0.3) is 0 Å². The predicted molar refractivity (Wildman–Crippen MR) is 101 cm³/mol. The normalized spacial score (nSPS) is 17.3. The highest BCUT2D eigenvalue weighted by atomic mass is 32.2. The van der Waals surface area contributed by atoms with Gasteiger partial charge in [-0.25, -0.2) is 13.1 Å². The van der Waals surface area contributed by atoms with Gasteiger partial charge in [-0.05, 0) is 55.1 Å². The van der Waals surface area contributed by atoms with Crippen LogP contribution in [0.2, 0.25) is 0 Å². The summed E-state index contributed by atoms with van der Waals surface area (Å²) in [5, 5.41) is 1.78. The van der Waals surface area contributed by atoms with Crippen LogP contribution in [0.4, 0.5) is 0 Å². The lowest BCUT2D eigenvalue weighted by Gasteiger charge is -2.35. The van der Waals surface area contributed by atoms with E-state index in [0.29, 0.717) is 10.8 Å². The molecule has 2 heterocycles. The molecule has 1 unspecified atom stereocenters. The Balaban J connectivity index is 1.78. The second kappa shape index (κ2) is 8.31. The van der Waals surface area contributed by atoms with Crippen LogP contribution in [0.1, 0.15) is 30.9 Å². The Morgan fingerprint density at radius 1 is 1.16 bits per heavy atom. The average Bonchev–Trinajstić information content (AvgIpc) is 3.19. The molecule has 0 spiro atoms. The number of likely N-dealkylation sites (tertiary alicyclic amines) is 1. The average molecular weight is 381 g/mol. The number of piperidine rings is 1. The number of thiophene rings is 1. The lowest BCUT2D eigenvalue weighted by atomic mass is 10.0. The van der Waals surface area contributed by atoms with Crippen LogP contribution in [0.15, 0.2) is 46.0 Å². The Morgan fingerprint density at radius 2 is 1.88 bits per heavy atom. The highest BCUT2D eigenvalue weighted by Gasteiger charge is 2.25. The van der Waals surface area contributed by atoms with Crippen molar-refractivity contribution >= 4 is 21.4 Å². The number of nitrogens with zero attached hydrogens (tertiary/aromatic N) is 1. The maximum atomic E-state index is 12.5. The van der Waals surface area contributed by atoms with Gasteiger partial charge in [0.15, 0.2) is 0 Å². The summed E-state index contributed by atoms with van der Waals surface area (Å²) in [7, 11) is -1.81. The molecule has 1 aromatic carbocycles. The fraction of sp³-hybridized carbons (Fsp3) is 0.444. The van der Waals surface area contributed by atoms with Gasteiger partial charge in [-0.15, -0.1) is 11.3 Å². The second-order valence-electron chi connectivity index (χ2n) is 6.17. The van der Waals surface area contributed by atoms with E-state index in [1.54, 1.807) is 24.6 Å². The SMILES string of the molecule is COc1ccc(C(CNS(=O)(=O)c2cccs2)N2CCCCC2)cc1. The van der Waals surface area contributed by atoms with Gasteiger partial charge in [-0.2, -0.15) is 0 Å². The van der Waals surface area contributed by atoms with Gasteiger partial charge >= 0.3 is 0 Å². The number of ether oxygens (including phenoxy) is 1. The molecule has 5 nitrogen and oxygen atoms in total. The number of benzene rings is 1. The molecule has 136 valence electrons. The maximum absolute atomic E-state index is 12.5. The number of hydrogen-bond donors (Lipinski definition) is 1. The van der Waals surface area contributed by atoms with Crippen LogP contribution in [-0.4, -0.2) is 40.1 Å². The van der Waals surface area contributed by atoms with Crippen molar-refractivity contribution in [1.29, 1.82) is 0 Å². The van der Waals surface area contributed by atoms with E-state index >= 15 is 0 Å². The van der Waals surface area contributed by atoms with E-state index in [1.807, 2.05) is 24.3 Å². The molecule has 25 heavy (non-hydrogen) atoms. The maximum Gasteiger partial charge on any atom is 0.250 e. The second-order valence-corrected chi connectivity index (χ2v) is 9.11. The Hall–Kier alpha value is -1.41. The Bertz CT molecular complexity index is 752. The van der Waals surface area contributed by atoms with E-state index < -0.39 is 10.0 Å². The minimum atomic E-state index is -3.45. The van der Waals surface area contributed by atoms with Crippen LogP contribution < -0.4 is 9.46 Å². The fourth-order valence-corrected chi connectivity index (χ4v) is 5.27. The van der Waals surface area contributed by atoms with Crippen molar-refractivity contribution < 1.29 is 13.2 Å². The van der Waals surface area contributed by atoms with E-state index in [9.17, 15) is 8.42 Å². The third-order valence-corrected chi connectivity index (χ3v) is 7.38. The van der Waals surface area contributed by atoms with E-state index in [0.717, 1.165) is 37.2 Å². The van der Waals surface area contributed by atoms with Crippen LogP contribution in [0, 0.1) is 0 Å². The van der Waals surface area contributed by atoms with Crippen LogP contribution in [0.3, 0.4) is 0 Å². The summed E-state index contributed by atoms with van der Waals surface area (Å²) in [6.07, 6.45) is 3.56. The summed E-state index contributed by atoms with van der Waals surface area (Å²) in [6, 6.07) is 11.3. The molecule has 0 amide bonds. The highest BCUT2D eigenvalue weighted by Crippen LogP contribution is 2.26. The summed E-state index contributed by atoms with van der Waals surface area (Å²) in [5.41, 5.74) is 1.11. The van der Waals surface area contributed by atoms with Gasteiger partial charge in [0.05, 0.1) is 7.11 Å². The lowest BCUT2D eigenvalue weighted by molar-refractivity contribution is 0.164. The van der Waals surface area contributed by atoms with Crippen LogP contribution in [0.25, 0.3) is 0 Å². The van der Waals surface area contributed by atoms with E-state index in [4.69, 9.17) is 4.74 Å². The van der Waals surface area contributed by atoms with Gasteiger partial charge in [-0.1, -0.05) is 24.6 Å². The zero-order valence-electron chi connectivity index (χ0n) is 14.3. The zero-order chi connectivity index (χ0) is 17.7. The van der Waals surface area contributed by atoms with Gasteiger partial charge in [-0.3, -0.25) is 4.90 Å². The molecule has 1 saturated heterocycles. The quantitative estimate of drug-likeness (QED) is 0.801. The van der Waals surface area contributed by atoms with Crippen molar-refractivity contribution in [3.8, 4) is 5.75 Å². The Labute approximate surface area is 153 Å². The molecule has 1 aromatic heterocycles. The summed E-state index contributed by atoms with van der Waals surface area (Å²) >= 11 is 1.24. The van der Waals surface area contributed by atoms with Crippen molar-refractivity contribution in [3.63, 3.8) is 0 Å². The molecule has 0 radical (unpaired) electrons. The first-order chi connectivity index (χ1) is 12.1. The summed E-state index contributed by atoms with van der Waals surface area (Å²) in [4.78, 5) is 2.38. The molecule has 3 rings (SSSR count). The van der Waals surface area contributed by atoms with Gasteiger partial charge in [0.1, 0.15) is 9.96 Å². The molecular weight excluding hydrogens is 356 g/mol. The number of sulfonamides is 1. The Kier molecular flexibility index (Phi) is 6.11. The van der Waals surface area contributed by atoms with Crippen molar-refractivity contribution in [2.75, 3.05) is 26.7 Å². The summed E-state index contributed by atoms with van der Waals surface area (Å²) < 4.78 is 33.3. The first-order valence-electron chi connectivity index (χ1n) is 8.51. The summed E-state index contributed by atoms with van der Waals surface area (Å²) in [6.45, 7) is 2.36. The van der Waals surface area contributed by atoms with Gasteiger partial charge in [0, 0.05) is 12.6 Å². The molecule has 7 heteroatoms. The molecule has 1 aliphatic rings. The fourth-order valence-electron chi connectivity index (χ4n) is 3.19. The van der Waals surface area contributed by atoms with Gasteiger partial charge in [0.2, 0.25) is 10.0 Å². The third kappa shape index (κ3) is 4.61. The molecule has 1 N–H and O–H groups in total. The zero-order valence-corrected chi connectivity index (χ0v) is 16.0. The van der Waals surface area contributed by atoms with Crippen LogP contribution in [-0.2, 0) is 10.0 Å². The molecule has 0 aliphatic carbocycles. The van der Waals surface area contributed by atoms with Crippen molar-refractivity contribution in [2.24, 2.45) is 0 Å². The standard InChI is InChI=1S/C18H24N2O3S2/c1-23-16-9-7-15(8-10-16)17(20-11-3-2-4-12-20)14-19-25(21,22)18-6-5-13-24-18/h5-10,13,17,19H,2-4,11-12,14H2,1H3. The molecule has 1 aliphatic heterocycles. The third-order valence-electron chi connectivity index (χ3n) is 4.56. The Morgan fingerprint density at radius 3 is 2.48 bits per heavy atom. The first-order valence-corrected chi connectivity index (χ1v) is 10.9. The van der Waals surface area contributed by atoms with Crippen molar-refractivity contribution in [1.82, 2.24) is 9.62 Å². The van der Waals surface area contributed by atoms with E-state index in [-0.39, 0.29) is 6.04 Å². The van der Waals surface area contributed by atoms with Crippen LogP contribution >= 0.6 is 11.3 Å². The minimum absolute atomic E-state index is 0.0287. The largest absolute Gasteiger partial charge is 0.497 e. The minimum Gasteiger partial charge on any atom is -0.497 e. The van der Waals surface area contributed by atoms with Crippen molar-refractivity contribution in [2.45, 2.75) is 29.5 Å². The highest BCUT2D eigenvalue weighted by molar-refractivity contribution is 7.91.